The molecule has 2 amide bonds. The van der Waals surface area contributed by atoms with E-state index in [1.54, 1.807) is 26.0 Å². The zero-order valence-electron chi connectivity index (χ0n) is 20.1. The van der Waals surface area contributed by atoms with Crippen molar-refractivity contribution in [2.75, 3.05) is 11.4 Å². The Labute approximate surface area is 217 Å². The number of benzene rings is 1. The van der Waals surface area contributed by atoms with Gasteiger partial charge in [-0.3, -0.25) is 9.69 Å². The Hall–Kier alpha value is -2.83. The second kappa shape index (κ2) is 10.9. The maximum Gasteiger partial charge on any atom is 0.416 e. The van der Waals surface area contributed by atoms with E-state index in [0.717, 1.165) is 0 Å². The highest BCUT2D eigenvalue weighted by molar-refractivity contribution is 9.10. The Morgan fingerprint density at radius 1 is 1.11 bits per heavy atom. The molecule has 0 spiro atoms. The average Bonchev–Trinajstić information content (AvgIpc) is 2.94. The number of nitrogens with zero attached hydrogens (tertiary/aromatic N) is 3. The van der Waals surface area contributed by atoms with E-state index in [1.807, 2.05) is 0 Å². The van der Waals surface area contributed by atoms with Gasteiger partial charge in [-0.25, -0.2) is 9.78 Å². The summed E-state index contributed by atoms with van der Waals surface area (Å²) >= 11 is 3.26. The van der Waals surface area contributed by atoms with E-state index in [0.29, 0.717) is 28.8 Å². The number of hydrogen-bond donors (Lipinski definition) is 0. The van der Waals surface area contributed by atoms with Crippen LogP contribution in [0.15, 0.2) is 34.9 Å². The van der Waals surface area contributed by atoms with Gasteiger partial charge in [0.1, 0.15) is 4.60 Å². The highest BCUT2D eigenvalue weighted by atomic mass is 79.9. The minimum absolute atomic E-state index is 0.0411. The molecule has 37 heavy (non-hydrogen) atoms. The normalized spacial score (nSPS) is 16.3. The second-order valence-corrected chi connectivity index (χ2v) is 9.65. The van der Waals surface area contributed by atoms with Gasteiger partial charge in [0.2, 0.25) is 5.91 Å². The SMILES string of the molecule is CC(=O)N(Cc1cc(C(F)(F)F)cc(C(F)(F)F)c1)C1CCCN(C(=O)OC(C)C)c2ccc(Br)nc21. The van der Waals surface area contributed by atoms with Crippen molar-refractivity contribution in [1.82, 2.24) is 9.88 Å². The van der Waals surface area contributed by atoms with E-state index < -0.39 is 54.2 Å². The lowest BCUT2D eigenvalue weighted by atomic mass is 10.0. The third kappa shape index (κ3) is 6.93. The summed E-state index contributed by atoms with van der Waals surface area (Å²) in [4.78, 5) is 32.4. The number of amides is 2. The summed E-state index contributed by atoms with van der Waals surface area (Å²) in [6, 6.07) is 3.59. The van der Waals surface area contributed by atoms with Crippen LogP contribution in [0.4, 0.5) is 36.8 Å². The van der Waals surface area contributed by atoms with Crippen molar-refractivity contribution in [3.8, 4) is 0 Å². The van der Waals surface area contributed by atoms with Gasteiger partial charge in [0.15, 0.2) is 0 Å². The molecule has 202 valence electrons. The number of halogens is 7. The van der Waals surface area contributed by atoms with Crippen LogP contribution in [0.2, 0.25) is 0 Å². The van der Waals surface area contributed by atoms with Crippen LogP contribution >= 0.6 is 15.9 Å². The van der Waals surface area contributed by atoms with Crippen LogP contribution < -0.4 is 4.90 Å². The second-order valence-electron chi connectivity index (χ2n) is 8.84. The summed E-state index contributed by atoms with van der Waals surface area (Å²) in [5.41, 5.74) is -2.67. The highest BCUT2D eigenvalue weighted by Gasteiger charge is 2.38. The molecule has 1 atom stereocenters. The Morgan fingerprint density at radius 3 is 2.22 bits per heavy atom. The van der Waals surface area contributed by atoms with Gasteiger partial charge in [0, 0.05) is 20.0 Å². The van der Waals surface area contributed by atoms with Crippen LogP contribution in [-0.2, 0) is 28.4 Å². The van der Waals surface area contributed by atoms with Gasteiger partial charge in [-0.2, -0.15) is 26.3 Å². The van der Waals surface area contributed by atoms with Crippen LogP contribution in [0.1, 0.15) is 62.0 Å². The number of pyridine rings is 1. The lowest BCUT2D eigenvalue weighted by Crippen LogP contribution is -2.35. The highest BCUT2D eigenvalue weighted by Crippen LogP contribution is 2.40. The number of rotatable bonds is 4. The largest absolute Gasteiger partial charge is 0.446 e. The average molecular weight is 596 g/mol. The van der Waals surface area contributed by atoms with Gasteiger partial charge >= 0.3 is 18.4 Å². The quantitative estimate of drug-likeness (QED) is 0.279. The fraction of sp³-hybridized carbons (Fsp3) is 0.458. The van der Waals surface area contributed by atoms with E-state index in [-0.39, 0.29) is 30.3 Å². The van der Waals surface area contributed by atoms with E-state index in [4.69, 9.17) is 4.74 Å². The van der Waals surface area contributed by atoms with Gasteiger partial charge < -0.3 is 9.64 Å². The van der Waals surface area contributed by atoms with Crippen LogP contribution in [0.25, 0.3) is 0 Å². The number of carbonyl (C=O) groups is 2. The number of hydrogen-bond acceptors (Lipinski definition) is 4. The molecule has 0 fully saturated rings. The molecule has 6 nitrogen and oxygen atoms in total. The maximum atomic E-state index is 13.4. The topological polar surface area (TPSA) is 62.7 Å². The Bertz CT molecular complexity index is 1140. The van der Waals surface area contributed by atoms with Crippen LogP contribution in [0.3, 0.4) is 0 Å². The zero-order valence-corrected chi connectivity index (χ0v) is 21.7. The summed E-state index contributed by atoms with van der Waals surface area (Å²) in [6.45, 7) is 4.22. The van der Waals surface area contributed by atoms with E-state index in [1.165, 1.54) is 16.7 Å². The smallest absolute Gasteiger partial charge is 0.416 e. The van der Waals surface area contributed by atoms with Gasteiger partial charge in [-0.15, -0.1) is 0 Å². The molecule has 13 heteroatoms. The molecule has 1 aliphatic heterocycles. The van der Waals surface area contributed by atoms with Crippen molar-refractivity contribution in [2.45, 2.75) is 64.7 Å². The fourth-order valence-electron chi connectivity index (χ4n) is 4.12. The van der Waals surface area contributed by atoms with Crippen molar-refractivity contribution in [2.24, 2.45) is 0 Å². The zero-order chi connectivity index (χ0) is 27.7. The summed E-state index contributed by atoms with van der Waals surface area (Å²) in [5, 5.41) is 0. The molecular weight excluding hydrogens is 572 g/mol. The van der Waals surface area contributed by atoms with Crippen molar-refractivity contribution in [3.05, 3.63) is 57.3 Å². The maximum absolute atomic E-state index is 13.4. The van der Waals surface area contributed by atoms with Crippen LogP contribution in [-0.4, -0.2) is 34.5 Å². The van der Waals surface area contributed by atoms with Gasteiger partial charge in [-0.05, 0) is 78.5 Å². The summed E-state index contributed by atoms with van der Waals surface area (Å²) in [5.74, 6) is -0.582. The number of anilines is 1. The first kappa shape index (κ1) is 28.7. The minimum atomic E-state index is -5.02. The van der Waals surface area contributed by atoms with Crippen molar-refractivity contribution in [1.29, 1.82) is 0 Å². The fourth-order valence-corrected chi connectivity index (χ4v) is 4.45. The first-order valence-corrected chi connectivity index (χ1v) is 12.1. The van der Waals surface area contributed by atoms with Crippen molar-refractivity contribution < 1.29 is 40.7 Å². The van der Waals surface area contributed by atoms with Crippen molar-refractivity contribution in [3.63, 3.8) is 0 Å². The monoisotopic (exact) mass is 595 g/mol. The summed E-state index contributed by atoms with van der Waals surface area (Å²) < 4.78 is 86.0. The third-order valence-electron chi connectivity index (χ3n) is 5.67. The van der Waals surface area contributed by atoms with Crippen molar-refractivity contribution >= 4 is 33.6 Å². The lowest BCUT2D eigenvalue weighted by molar-refractivity contribution is -0.143. The third-order valence-corrected chi connectivity index (χ3v) is 6.11. The molecule has 1 aromatic carbocycles. The van der Waals surface area contributed by atoms with Crippen LogP contribution in [0.5, 0.6) is 0 Å². The molecule has 0 aliphatic carbocycles. The van der Waals surface area contributed by atoms with Gasteiger partial charge in [0.05, 0.1) is 34.7 Å². The molecule has 0 saturated carbocycles. The molecule has 0 radical (unpaired) electrons. The Balaban J connectivity index is 2.08. The minimum Gasteiger partial charge on any atom is -0.446 e. The molecule has 0 saturated heterocycles. The number of alkyl halides is 6. The number of fused-ring (bicyclic) bond motifs is 1. The van der Waals surface area contributed by atoms with E-state index >= 15 is 0 Å². The first-order valence-electron chi connectivity index (χ1n) is 11.3. The first-order chi connectivity index (χ1) is 17.1. The molecule has 0 bridgehead atoms. The Morgan fingerprint density at radius 2 is 1.70 bits per heavy atom. The summed E-state index contributed by atoms with van der Waals surface area (Å²) in [6.07, 6.45) is -10.5. The molecule has 2 aromatic rings. The van der Waals surface area contributed by atoms with Gasteiger partial charge in [0.25, 0.3) is 0 Å². The Kier molecular flexibility index (Phi) is 8.45. The predicted molar refractivity (Wildman–Crippen MR) is 126 cm³/mol. The molecule has 1 aromatic heterocycles. The van der Waals surface area contributed by atoms with Gasteiger partial charge in [-0.1, -0.05) is 0 Å². The van der Waals surface area contributed by atoms with E-state index in [2.05, 4.69) is 20.9 Å². The number of carbonyl (C=O) groups excluding carboxylic acids is 2. The van der Waals surface area contributed by atoms with Crippen LogP contribution in [0, 0.1) is 0 Å². The number of aromatic nitrogens is 1. The molecular formula is C24H24BrF6N3O3. The lowest BCUT2D eigenvalue weighted by Gasteiger charge is -2.31. The number of ether oxygens (including phenoxy) is 1. The molecule has 0 N–H and O–H groups in total. The summed E-state index contributed by atoms with van der Waals surface area (Å²) in [7, 11) is 0. The molecule has 1 aliphatic rings. The predicted octanol–water partition coefficient (Wildman–Crippen LogP) is 7.12. The molecule has 2 heterocycles. The standard InChI is InChI=1S/C24H24BrF6N3O3/c1-13(2)37-22(36)33-8-4-5-18(21-19(33)6-7-20(25)32-21)34(14(3)35)12-15-9-16(23(26,27)28)11-17(10-15)24(29,30)31/h6-7,9-11,13,18H,4-5,8,12H2,1-3H3. The molecule has 3 rings (SSSR count). The molecule has 1 unspecified atom stereocenters. The van der Waals surface area contributed by atoms with E-state index in [9.17, 15) is 35.9 Å².